The van der Waals surface area contributed by atoms with Crippen molar-refractivity contribution in [2.24, 2.45) is 0 Å². The van der Waals surface area contributed by atoms with Crippen LogP contribution in [-0.2, 0) is 0 Å². The molecule has 0 saturated carbocycles. The highest BCUT2D eigenvalue weighted by molar-refractivity contribution is 5.45. The van der Waals surface area contributed by atoms with Gasteiger partial charge in [-0.3, -0.25) is 0 Å². The first-order valence-corrected chi connectivity index (χ1v) is 6.82. The van der Waals surface area contributed by atoms with Crippen LogP contribution in [0.2, 0.25) is 0 Å². The number of hydrogen-bond acceptors (Lipinski definition) is 3. The Kier molecular flexibility index (Phi) is 5.02. The van der Waals surface area contributed by atoms with Gasteiger partial charge in [0.2, 0.25) is 0 Å². The Bertz CT molecular complexity index is 528. The SMILES string of the molecule is CNC(CN(C)c1ccccc1)c1cccc(OC)c1. The van der Waals surface area contributed by atoms with Crippen molar-refractivity contribution in [1.29, 1.82) is 0 Å². The summed E-state index contributed by atoms with van der Waals surface area (Å²) in [5.74, 6) is 0.894. The summed E-state index contributed by atoms with van der Waals surface area (Å²) in [4.78, 5) is 2.25. The van der Waals surface area contributed by atoms with E-state index < -0.39 is 0 Å². The Labute approximate surface area is 121 Å². The Balaban J connectivity index is 2.12. The molecule has 0 radical (unpaired) electrons. The summed E-state index contributed by atoms with van der Waals surface area (Å²) in [6.45, 7) is 0.897. The second-order valence-corrected chi connectivity index (χ2v) is 4.83. The first kappa shape index (κ1) is 14.4. The number of nitrogens with one attached hydrogen (secondary N) is 1. The summed E-state index contributed by atoms with van der Waals surface area (Å²) >= 11 is 0. The molecule has 0 fully saturated rings. The van der Waals surface area contributed by atoms with Gasteiger partial charge in [-0.2, -0.15) is 0 Å². The average molecular weight is 270 g/mol. The van der Waals surface area contributed by atoms with Crippen molar-refractivity contribution in [3.63, 3.8) is 0 Å². The summed E-state index contributed by atoms with van der Waals surface area (Å²) in [6.07, 6.45) is 0. The fourth-order valence-corrected chi connectivity index (χ4v) is 2.28. The molecule has 0 saturated heterocycles. The summed E-state index contributed by atoms with van der Waals surface area (Å²) in [6, 6.07) is 18.9. The van der Waals surface area contributed by atoms with E-state index in [-0.39, 0.29) is 6.04 Å². The fourth-order valence-electron chi connectivity index (χ4n) is 2.28. The van der Waals surface area contributed by atoms with Crippen LogP contribution in [-0.4, -0.2) is 27.7 Å². The molecule has 0 aliphatic heterocycles. The van der Waals surface area contributed by atoms with E-state index >= 15 is 0 Å². The molecule has 2 aromatic rings. The molecule has 20 heavy (non-hydrogen) atoms. The standard InChI is InChI=1S/C17H22N2O/c1-18-17(14-8-7-11-16(12-14)20-3)13-19(2)15-9-5-4-6-10-15/h4-12,17-18H,13H2,1-3H3. The molecule has 1 N–H and O–H groups in total. The van der Waals surface area contributed by atoms with Crippen molar-refractivity contribution in [2.45, 2.75) is 6.04 Å². The molecule has 3 heteroatoms. The number of anilines is 1. The van der Waals surface area contributed by atoms with E-state index in [0.29, 0.717) is 0 Å². The summed E-state index contributed by atoms with van der Waals surface area (Å²) in [7, 11) is 5.80. The number of rotatable bonds is 6. The molecule has 0 aliphatic rings. The lowest BCUT2D eigenvalue weighted by Crippen LogP contribution is -2.31. The van der Waals surface area contributed by atoms with Crippen molar-refractivity contribution in [1.82, 2.24) is 5.32 Å². The Hall–Kier alpha value is -2.00. The number of methoxy groups -OCH3 is 1. The molecule has 1 unspecified atom stereocenters. The minimum atomic E-state index is 0.260. The third kappa shape index (κ3) is 3.52. The number of nitrogens with zero attached hydrogens (tertiary/aromatic N) is 1. The second-order valence-electron chi connectivity index (χ2n) is 4.83. The van der Waals surface area contributed by atoms with Crippen LogP contribution in [0.3, 0.4) is 0 Å². The molecule has 106 valence electrons. The number of likely N-dealkylation sites (N-methyl/N-ethyl adjacent to an activating group) is 2. The third-order valence-electron chi connectivity index (χ3n) is 3.50. The molecule has 0 spiro atoms. The van der Waals surface area contributed by atoms with Crippen LogP contribution in [0.25, 0.3) is 0 Å². The zero-order chi connectivity index (χ0) is 14.4. The first-order valence-electron chi connectivity index (χ1n) is 6.82. The lowest BCUT2D eigenvalue weighted by atomic mass is 10.1. The van der Waals surface area contributed by atoms with E-state index in [0.717, 1.165) is 12.3 Å². The van der Waals surface area contributed by atoms with Crippen LogP contribution in [0.5, 0.6) is 5.75 Å². The highest BCUT2D eigenvalue weighted by atomic mass is 16.5. The molecule has 0 amide bonds. The van der Waals surface area contributed by atoms with Gasteiger partial charge in [0, 0.05) is 25.3 Å². The largest absolute Gasteiger partial charge is 0.497 e. The minimum Gasteiger partial charge on any atom is -0.497 e. The number of para-hydroxylation sites is 1. The lowest BCUT2D eigenvalue weighted by Gasteiger charge is -2.26. The van der Waals surface area contributed by atoms with Crippen LogP contribution < -0.4 is 15.0 Å². The Morgan fingerprint density at radius 1 is 1.10 bits per heavy atom. The van der Waals surface area contributed by atoms with Gasteiger partial charge in [0.25, 0.3) is 0 Å². The van der Waals surface area contributed by atoms with E-state index in [1.807, 2.05) is 25.2 Å². The van der Waals surface area contributed by atoms with E-state index in [1.165, 1.54) is 11.3 Å². The van der Waals surface area contributed by atoms with Gasteiger partial charge in [-0.25, -0.2) is 0 Å². The Morgan fingerprint density at radius 3 is 2.50 bits per heavy atom. The van der Waals surface area contributed by atoms with Gasteiger partial charge in [0.15, 0.2) is 0 Å². The quantitative estimate of drug-likeness (QED) is 0.873. The van der Waals surface area contributed by atoms with E-state index in [9.17, 15) is 0 Å². The normalized spacial score (nSPS) is 11.9. The zero-order valence-corrected chi connectivity index (χ0v) is 12.3. The van der Waals surface area contributed by atoms with Gasteiger partial charge in [-0.1, -0.05) is 30.3 Å². The molecular formula is C17H22N2O. The summed E-state index contributed by atoms with van der Waals surface area (Å²) in [5, 5.41) is 3.37. The molecule has 0 bridgehead atoms. The number of hydrogen-bond donors (Lipinski definition) is 1. The van der Waals surface area contributed by atoms with Gasteiger partial charge in [-0.15, -0.1) is 0 Å². The molecular weight excluding hydrogens is 248 g/mol. The van der Waals surface area contributed by atoms with Crippen LogP contribution in [0, 0.1) is 0 Å². The molecule has 0 aliphatic carbocycles. The van der Waals surface area contributed by atoms with Crippen molar-refractivity contribution in [3.05, 3.63) is 60.2 Å². The van der Waals surface area contributed by atoms with Crippen molar-refractivity contribution in [2.75, 3.05) is 32.6 Å². The van der Waals surface area contributed by atoms with Crippen molar-refractivity contribution < 1.29 is 4.74 Å². The maximum Gasteiger partial charge on any atom is 0.119 e. The number of benzene rings is 2. The lowest BCUT2D eigenvalue weighted by molar-refractivity contribution is 0.413. The topological polar surface area (TPSA) is 24.5 Å². The average Bonchev–Trinajstić information content (AvgIpc) is 2.53. The van der Waals surface area contributed by atoms with Crippen LogP contribution >= 0.6 is 0 Å². The van der Waals surface area contributed by atoms with Gasteiger partial charge >= 0.3 is 0 Å². The maximum absolute atomic E-state index is 5.30. The molecule has 2 rings (SSSR count). The Morgan fingerprint density at radius 2 is 1.85 bits per heavy atom. The molecule has 2 aromatic carbocycles. The zero-order valence-electron chi connectivity index (χ0n) is 12.3. The van der Waals surface area contributed by atoms with Crippen molar-refractivity contribution >= 4 is 5.69 Å². The molecule has 3 nitrogen and oxygen atoms in total. The minimum absolute atomic E-state index is 0.260. The molecule has 0 heterocycles. The fraction of sp³-hybridized carbons (Fsp3) is 0.294. The predicted octanol–water partition coefficient (Wildman–Crippen LogP) is 3.09. The highest BCUT2D eigenvalue weighted by Crippen LogP contribution is 2.21. The monoisotopic (exact) mass is 270 g/mol. The van der Waals surface area contributed by atoms with E-state index in [1.54, 1.807) is 7.11 Å². The maximum atomic E-state index is 5.30. The van der Waals surface area contributed by atoms with Gasteiger partial charge in [0.1, 0.15) is 5.75 Å². The smallest absolute Gasteiger partial charge is 0.119 e. The van der Waals surface area contributed by atoms with E-state index in [2.05, 4.69) is 53.7 Å². The molecule has 1 atom stereocenters. The van der Waals surface area contributed by atoms with Gasteiger partial charge in [-0.05, 0) is 36.9 Å². The van der Waals surface area contributed by atoms with Crippen LogP contribution in [0.15, 0.2) is 54.6 Å². The van der Waals surface area contributed by atoms with Crippen LogP contribution in [0.1, 0.15) is 11.6 Å². The van der Waals surface area contributed by atoms with E-state index in [4.69, 9.17) is 4.74 Å². The van der Waals surface area contributed by atoms with Crippen LogP contribution in [0.4, 0.5) is 5.69 Å². The van der Waals surface area contributed by atoms with Gasteiger partial charge < -0.3 is 15.0 Å². The number of ether oxygens (including phenoxy) is 1. The third-order valence-corrected chi connectivity index (χ3v) is 3.50. The first-order chi connectivity index (χ1) is 9.74. The highest BCUT2D eigenvalue weighted by Gasteiger charge is 2.13. The predicted molar refractivity (Wildman–Crippen MR) is 84.5 cm³/mol. The second kappa shape index (κ2) is 6.96. The van der Waals surface area contributed by atoms with Crippen molar-refractivity contribution in [3.8, 4) is 5.75 Å². The summed E-state index contributed by atoms with van der Waals surface area (Å²) < 4.78 is 5.30. The van der Waals surface area contributed by atoms with Gasteiger partial charge in [0.05, 0.1) is 7.11 Å². The summed E-state index contributed by atoms with van der Waals surface area (Å²) in [5.41, 5.74) is 2.45. The molecule has 0 aromatic heterocycles.